The summed E-state index contributed by atoms with van der Waals surface area (Å²) in [5.74, 6) is 2.18. The zero-order valence-electron chi connectivity index (χ0n) is 22.6. The first kappa shape index (κ1) is 32.5. The molecule has 0 fully saturated rings. The molecule has 1 unspecified atom stereocenters. The lowest BCUT2D eigenvalue weighted by molar-refractivity contribution is -0.148. The molecule has 0 aliphatic carbocycles. The van der Waals surface area contributed by atoms with Crippen molar-refractivity contribution >= 4 is 17.7 Å². The van der Waals surface area contributed by atoms with Gasteiger partial charge in [0.15, 0.2) is 0 Å². The second kappa shape index (κ2) is 26.1. The van der Waals surface area contributed by atoms with E-state index in [1.54, 1.807) is 0 Å². The average molecular weight is 484 g/mol. The quantitative estimate of drug-likeness (QED) is 0.0699. The summed E-state index contributed by atoms with van der Waals surface area (Å²) >= 11 is 1.96. The molecule has 1 atom stereocenters. The van der Waals surface area contributed by atoms with Crippen molar-refractivity contribution in [3.63, 3.8) is 0 Å². The predicted molar refractivity (Wildman–Crippen MR) is 149 cm³/mol. The molecule has 0 spiro atoms. The lowest BCUT2D eigenvalue weighted by Crippen LogP contribution is -2.30. The van der Waals surface area contributed by atoms with E-state index in [2.05, 4.69) is 32.3 Å². The van der Waals surface area contributed by atoms with Gasteiger partial charge >= 0.3 is 5.97 Å². The highest BCUT2D eigenvalue weighted by atomic mass is 32.2. The van der Waals surface area contributed by atoms with Gasteiger partial charge in [-0.15, -0.1) is 6.58 Å². The number of allylic oxidation sites excluding steroid dienone is 1. The highest BCUT2D eigenvalue weighted by Crippen LogP contribution is 2.18. The van der Waals surface area contributed by atoms with Crippen LogP contribution in [0, 0.1) is 5.92 Å². The lowest BCUT2D eigenvalue weighted by Gasteiger charge is -2.22. The maximum atomic E-state index is 12.8. The number of thioether (sulfide) groups is 1. The molecule has 0 heterocycles. The zero-order valence-corrected chi connectivity index (χ0v) is 23.4. The van der Waals surface area contributed by atoms with Crippen molar-refractivity contribution < 1.29 is 9.53 Å². The Morgan fingerprint density at radius 3 is 2.12 bits per heavy atom. The van der Waals surface area contributed by atoms with E-state index < -0.39 is 0 Å². The number of hydrogen-bond acceptors (Lipinski definition) is 4. The molecule has 0 bridgehead atoms. The van der Waals surface area contributed by atoms with Crippen molar-refractivity contribution in [1.82, 2.24) is 4.90 Å². The Bertz CT molecular complexity index is 430. The van der Waals surface area contributed by atoms with Crippen molar-refractivity contribution in [3.8, 4) is 0 Å². The molecule has 0 saturated carbocycles. The molecule has 0 aliphatic heterocycles. The normalized spacial score (nSPS) is 12.2. The highest BCUT2D eigenvalue weighted by Gasteiger charge is 2.21. The third kappa shape index (κ3) is 21.8. The molecule has 0 radical (unpaired) electrons. The van der Waals surface area contributed by atoms with Crippen molar-refractivity contribution in [3.05, 3.63) is 12.7 Å². The zero-order chi connectivity index (χ0) is 24.4. The summed E-state index contributed by atoms with van der Waals surface area (Å²) in [6, 6.07) is 0. The third-order valence-corrected chi connectivity index (χ3v) is 7.59. The standard InChI is InChI=1S/C29H57NO2S/c1-5-9-11-13-15-16-18-20-25-32-29(31)28(22-24-30(8-4)23-7-3)27-33-26-21-19-17-14-12-10-6-2/h5,28H,1,6-27H2,2-4H3. The molecule has 3 nitrogen and oxygen atoms in total. The van der Waals surface area contributed by atoms with Crippen LogP contribution in [-0.4, -0.2) is 48.6 Å². The highest BCUT2D eigenvalue weighted by molar-refractivity contribution is 7.99. The summed E-state index contributed by atoms with van der Waals surface area (Å²) in [5.41, 5.74) is 0. The molecule has 0 saturated heterocycles. The molecular weight excluding hydrogens is 426 g/mol. The molecule has 0 aromatic rings. The molecule has 33 heavy (non-hydrogen) atoms. The monoisotopic (exact) mass is 483 g/mol. The second-order valence-electron chi connectivity index (χ2n) is 9.48. The number of nitrogens with zero attached hydrogens (tertiary/aromatic N) is 1. The predicted octanol–water partition coefficient (Wildman–Crippen LogP) is 8.67. The van der Waals surface area contributed by atoms with Crippen LogP contribution in [0.25, 0.3) is 0 Å². The fraction of sp³-hybridized carbons (Fsp3) is 0.897. The van der Waals surface area contributed by atoms with Crippen LogP contribution in [0.2, 0.25) is 0 Å². The molecule has 4 heteroatoms. The number of rotatable bonds is 26. The largest absolute Gasteiger partial charge is 0.465 e. The van der Waals surface area contributed by atoms with Gasteiger partial charge in [-0.1, -0.05) is 91.1 Å². The minimum Gasteiger partial charge on any atom is -0.465 e. The first-order chi connectivity index (χ1) is 16.2. The van der Waals surface area contributed by atoms with Gasteiger partial charge in [0.2, 0.25) is 0 Å². The van der Waals surface area contributed by atoms with Gasteiger partial charge in [-0.05, 0) is 63.9 Å². The van der Waals surface area contributed by atoms with Gasteiger partial charge in [-0.2, -0.15) is 11.8 Å². The van der Waals surface area contributed by atoms with E-state index >= 15 is 0 Å². The summed E-state index contributed by atoms with van der Waals surface area (Å²) in [5, 5.41) is 0. The van der Waals surface area contributed by atoms with Crippen molar-refractivity contribution in [2.75, 3.05) is 37.7 Å². The molecule has 0 aromatic carbocycles. The van der Waals surface area contributed by atoms with Crippen LogP contribution in [0.4, 0.5) is 0 Å². The van der Waals surface area contributed by atoms with Gasteiger partial charge in [0, 0.05) is 5.75 Å². The topological polar surface area (TPSA) is 29.5 Å². The molecular formula is C29H57NO2S. The number of carbonyl (C=O) groups is 1. The second-order valence-corrected chi connectivity index (χ2v) is 10.6. The van der Waals surface area contributed by atoms with Gasteiger partial charge in [-0.3, -0.25) is 4.79 Å². The van der Waals surface area contributed by atoms with Crippen molar-refractivity contribution in [1.29, 1.82) is 0 Å². The van der Waals surface area contributed by atoms with Gasteiger partial charge in [0.1, 0.15) is 0 Å². The van der Waals surface area contributed by atoms with Gasteiger partial charge in [-0.25, -0.2) is 0 Å². The summed E-state index contributed by atoms with van der Waals surface area (Å²) in [7, 11) is 0. The van der Waals surface area contributed by atoms with Gasteiger partial charge in [0.05, 0.1) is 12.5 Å². The number of unbranched alkanes of at least 4 members (excludes halogenated alkanes) is 12. The first-order valence-corrected chi connectivity index (χ1v) is 15.4. The Morgan fingerprint density at radius 1 is 0.848 bits per heavy atom. The van der Waals surface area contributed by atoms with Crippen LogP contribution in [0.3, 0.4) is 0 Å². The summed E-state index contributed by atoms with van der Waals surface area (Å²) in [4.78, 5) is 15.3. The fourth-order valence-electron chi connectivity index (χ4n) is 4.13. The first-order valence-electron chi connectivity index (χ1n) is 14.3. The third-order valence-electron chi connectivity index (χ3n) is 6.37. The number of carbonyl (C=O) groups excluding carboxylic acids is 1. The van der Waals surface area contributed by atoms with E-state index in [9.17, 15) is 4.79 Å². The Labute approximate surface area is 211 Å². The lowest BCUT2D eigenvalue weighted by atomic mass is 10.1. The molecule has 0 N–H and O–H groups in total. The van der Waals surface area contributed by atoms with E-state index in [1.165, 1.54) is 89.2 Å². The average Bonchev–Trinajstić information content (AvgIpc) is 2.82. The Kier molecular flexibility index (Phi) is 25.8. The van der Waals surface area contributed by atoms with Gasteiger partial charge in [0.25, 0.3) is 0 Å². The molecule has 0 aliphatic rings. The Balaban J connectivity index is 4.16. The van der Waals surface area contributed by atoms with E-state index in [0.717, 1.165) is 44.6 Å². The minimum absolute atomic E-state index is 0.0422. The SMILES string of the molecule is C=CCCCCCCCCOC(=O)C(CCN(CC)CCC)CSCCCCCCCCC. The number of ether oxygens (including phenoxy) is 1. The molecule has 0 rings (SSSR count). The summed E-state index contributed by atoms with van der Waals surface area (Å²) < 4.78 is 5.72. The fourth-order valence-corrected chi connectivity index (χ4v) is 5.29. The van der Waals surface area contributed by atoms with Crippen LogP contribution in [0.5, 0.6) is 0 Å². The van der Waals surface area contributed by atoms with Crippen LogP contribution < -0.4 is 0 Å². The van der Waals surface area contributed by atoms with Crippen LogP contribution in [-0.2, 0) is 9.53 Å². The molecule has 196 valence electrons. The number of esters is 1. The summed E-state index contributed by atoms with van der Waals surface area (Å²) in [6.07, 6.45) is 21.9. The van der Waals surface area contributed by atoms with Crippen LogP contribution in [0.15, 0.2) is 12.7 Å². The maximum absolute atomic E-state index is 12.8. The number of hydrogen-bond donors (Lipinski definition) is 0. The van der Waals surface area contributed by atoms with E-state index in [1.807, 2.05) is 17.8 Å². The van der Waals surface area contributed by atoms with E-state index in [4.69, 9.17) is 4.74 Å². The van der Waals surface area contributed by atoms with Crippen LogP contribution in [0.1, 0.15) is 124 Å². The van der Waals surface area contributed by atoms with Crippen LogP contribution >= 0.6 is 11.8 Å². The Hall–Kier alpha value is -0.480. The maximum Gasteiger partial charge on any atom is 0.309 e. The van der Waals surface area contributed by atoms with Gasteiger partial charge < -0.3 is 9.64 Å². The van der Waals surface area contributed by atoms with E-state index in [0.29, 0.717) is 6.61 Å². The van der Waals surface area contributed by atoms with Crippen molar-refractivity contribution in [2.24, 2.45) is 5.92 Å². The van der Waals surface area contributed by atoms with Crippen molar-refractivity contribution in [2.45, 2.75) is 124 Å². The van der Waals surface area contributed by atoms with E-state index in [-0.39, 0.29) is 11.9 Å². The smallest absolute Gasteiger partial charge is 0.309 e. The molecule has 0 aromatic heterocycles. The minimum atomic E-state index is 0.0422. The Morgan fingerprint density at radius 2 is 1.48 bits per heavy atom. The molecule has 0 amide bonds. The summed E-state index contributed by atoms with van der Waals surface area (Å²) in [6.45, 7) is 14.3.